The standard InChI is InChI=1S/C29H29BrF6N4O6/c1-26(2,3)46-25(41)37-19-15-18(28(31,32)33)22(30)38-21(19)23-39-40-24(45-23)27(29(34,35)36,44-16-17-9-5-4-6-10-17)12-8-7-11-20-42-13-14-43-20/h4-6,9-10,13-15,20H,7-8,11-12,16H2,1-3H3,(H,37,41). The number of halogens is 7. The van der Waals surface area contributed by atoms with Crippen molar-refractivity contribution in [3.8, 4) is 11.6 Å². The Morgan fingerprint density at radius 3 is 2.28 bits per heavy atom. The molecule has 250 valence electrons. The third kappa shape index (κ3) is 8.69. The minimum atomic E-state index is -5.10. The molecule has 10 nitrogen and oxygen atoms in total. The van der Waals surface area contributed by atoms with Crippen LogP contribution in [-0.4, -0.2) is 39.3 Å². The predicted octanol–water partition coefficient (Wildman–Crippen LogP) is 8.64. The molecule has 1 amide bonds. The van der Waals surface area contributed by atoms with Crippen LogP contribution in [0.4, 0.5) is 36.8 Å². The third-order valence-corrected chi connectivity index (χ3v) is 7.02. The van der Waals surface area contributed by atoms with Gasteiger partial charge in [0.1, 0.15) is 22.7 Å². The second kappa shape index (κ2) is 13.9. The highest BCUT2D eigenvalue weighted by molar-refractivity contribution is 9.10. The van der Waals surface area contributed by atoms with Gasteiger partial charge in [-0.2, -0.15) is 26.3 Å². The highest BCUT2D eigenvalue weighted by atomic mass is 79.9. The number of rotatable bonds is 11. The first-order valence-corrected chi connectivity index (χ1v) is 14.6. The van der Waals surface area contributed by atoms with Crippen LogP contribution in [0.1, 0.15) is 63.5 Å². The SMILES string of the molecule is CC(C)(C)OC(=O)Nc1cc(C(F)(F)F)c(Br)nc1-c1nnc(C(CCCCC2OC=CO2)(OCc2ccccc2)C(F)(F)F)o1. The van der Waals surface area contributed by atoms with Gasteiger partial charge >= 0.3 is 18.4 Å². The molecule has 0 spiro atoms. The van der Waals surface area contributed by atoms with Crippen molar-refractivity contribution in [3.05, 3.63) is 70.5 Å². The van der Waals surface area contributed by atoms with Crippen molar-refractivity contribution in [3.63, 3.8) is 0 Å². The Hall–Kier alpha value is -3.86. The van der Waals surface area contributed by atoms with Crippen LogP contribution in [0.15, 0.2) is 57.9 Å². The molecule has 1 aromatic carbocycles. The van der Waals surface area contributed by atoms with Crippen molar-refractivity contribution in [2.45, 2.75) is 82.9 Å². The fourth-order valence-corrected chi connectivity index (χ4v) is 4.82. The molecule has 1 aliphatic rings. The van der Waals surface area contributed by atoms with E-state index in [0.717, 1.165) is 0 Å². The zero-order chi connectivity index (χ0) is 33.8. The monoisotopic (exact) mass is 722 g/mol. The van der Waals surface area contributed by atoms with Gasteiger partial charge in [-0.15, -0.1) is 10.2 Å². The van der Waals surface area contributed by atoms with Gasteiger partial charge in [-0.3, -0.25) is 5.32 Å². The summed E-state index contributed by atoms with van der Waals surface area (Å²) in [5, 5.41) is 9.47. The number of anilines is 1. The molecule has 0 saturated heterocycles. The number of hydrogen-bond donors (Lipinski definition) is 1. The van der Waals surface area contributed by atoms with E-state index in [1.807, 2.05) is 0 Å². The molecule has 17 heteroatoms. The maximum absolute atomic E-state index is 15.0. The number of carbonyl (C=O) groups is 1. The number of ether oxygens (including phenoxy) is 4. The minimum absolute atomic E-state index is 0.0508. The number of nitrogens with one attached hydrogen (secondary N) is 1. The Labute approximate surface area is 267 Å². The smallest absolute Gasteiger partial charge is 0.426 e. The summed E-state index contributed by atoms with van der Waals surface area (Å²) in [4.78, 5) is 16.3. The average Bonchev–Trinajstić information content (AvgIpc) is 3.65. The molecule has 0 bridgehead atoms. The molecule has 3 heterocycles. The molecule has 1 atom stereocenters. The first-order valence-electron chi connectivity index (χ1n) is 13.8. The van der Waals surface area contributed by atoms with Gasteiger partial charge in [-0.05, 0) is 67.6 Å². The Bertz CT molecular complexity index is 1520. The molecule has 4 rings (SSSR count). The fourth-order valence-electron chi connectivity index (χ4n) is 4.30. The fraction of sp³-hybridized carbons (Fsp3) is 0.448. The summed E-state index contributed by atoms with van der Waals surface area (Å²) in [5.74, 6) is -1.73. The molecular weight excluding hydrogens is 694 g/mol. The summed E-state index contributed by atoms with van der Waals surface area (Å²) in [6, 6.07) is 8.60. The molecule has 0 saturated carbocycles. The molecule has 1 N–H and O–H groups in total. The van der Waals surface area contributed by atoms with Crippen molar-refractivity contribution in [2.75, 3.05) is 5.32 Å². The van der Waals surface area contributed by atoms with E-state index in [1.165, 1.54) is 33.3 Å². The maximum atomic E-state index is 15.0. The lowest BCUT2D eigenvalue weighted by Gasteiger charge is -2.32. The van der Waals surface area contributed by atoms with Crippen LogP contribution in [0.3, 0.4) is 0 Å². The quantitative estimate of drug-likeness (QED) is 0.118. The third-order valence-electron chi connectivity index (χ3n) is 6.41. The Morgan fingerprint density at radius 1 is 1.00 bits per heavy atom. The first kappa shape index (κ1) is 35.0. The van der Waals surface area contributed by atoms with E-state index >= 15 is 13.2 Å². The lowest BCUT2D eigenvalue weighted by molar-refractivity contribution is -0.300. The molecule has 0 fully saturated rings. The molecule has 1 aliphatic heterocycles. The van der Waals surface area contributed by atoms with Crippen molar-refractivity contribution < 1.29 is 54.5 Å². The van der Waals surface area contributed by atoms with Gasteiger partial charge in [0.15, 0.2) is 5.69 Å². The lowest BCUT2D eigenvalue weighted by Crippen LogP contribution is -2.45. The largest absolute Gasteiger partial charge is 0.459 e. The zero-order valence-corrected chi connectivity index (χ0v) is 26.3. The summed E-state index contributed by atoms with van der Waals surface area (Å²) in [5.41, 5.74) is -6.19. The number of hydrogen-bond acceptors (Lipinski definition) is 9. The van der Waals surface area contributed by atoms with Crippen molar-refractivity contribution >= 4 is 27.7 Å². The molecule has 3 aromatic rings. The van der Waals surface area contributed by atoms with Gasteiger partial charge in [0.05, 0.1) is 17.9 Å². The minimum Gasteiger partial charge on any atom is -0.459 e. The zero-order valence-electron chi connectivity index (χ0n) is 24.7. The second-order valence-electron chi connectivity index (χ2n) is 11.1. The predicted molar refractivity (Wildman–Crippen MR) is 153 cm³/mol. The van der Waals surface area contributed by atoms with Crippen LogP contribution in [0.2, 0.25) is 0 Å². The molecule has 2 aromatic heterocycles. The number of benzene rings is 1. The molecule has 1 unspecified atom stereocenters. The van der Waals surface area contributed by atoms with Gasteiger partial charge in [0.25, 0.3) is 11.8 Å². The summed E-state index contributed by atoms with van der Waals surface area (Å²) in [7, 11) is 0. The van der Waals surface area contributed by atoms with Crippen molar-refractivity contribution in [1.29, 1.82) is 0 Å². The Kier molecular flexibility index (Phi) is 10.6. The van der Waals surface area contributed by atoms with E-state index in [4.69, 9.17) is 23.4 Å². The number of unbranched alkanes of at least 4 members (excludes halogenated alkanes) is 1. The van der Waals surface area contributed by atoms with Crippen LogP contribution in [0, 0.1) is 0 Å². The summed E-state index contributed by atoms with van der Waals surface area (Å²) in [6.07, 6.45) is -9.37. The molecule has 0 aliphatic carbocycles. The second-order valence-corrected chi connectivity index (χ2v) is 11.8. The van der Waals surface area contributed by atoms with Gasteiger partial charge < -0.3 is 23.4 Å². The maximum Gasteiger partial charge on any atom is 0.426 e. The van der Waals surface area contributed by atoms with E-state index in [-0.39, 0.29) is 19.3 Å². The Morgan fingerprint density at radius 2 is 1.67 bits per heavy atom. The van der Waals surface area contributed by atoms with E-state index in [0.29, 0.717) is 11.6 Å². The van der Waals surface area contributed by atoms with E-state index in [2.05, 4.69) is 36.4 Å². The van der Waals surface area contributed by atoms with Gasteiger partial charge in [0, 0.05) is 6.42 Å². The number of aromatic nitrogens is 3. The average molecular weight is 723 g/mol. The highest BCUT2D eigenvalue weighted by Gasteiger charge is 2.61. The number of nitrogens with zero attached hydrogens (tertiary/aromatic N) is 3. The van der Waals surface area contributed by atoms with Crippen LogP contribution in [0.25, 0.3) is 11.6 Å². The number of carbonyl (C=O) groups excluding carboxylic acids is 1. The number of amides is 1. The normalized spacial score (nSPS) is 15.3. The number of alkyl halides is 6. The van der Waals surface area contributed by atoms with Gasteiger partial charge in [0.2, 0.25) is 11.9 Å². The van der Waals surface area contributed by atoms with Gasteiger partial charge in [-0.1, -0.05) is 30.3 Å². The summed E-state index contributed by atoms with van der Waals surface area (Å²) >= 11 is 2.73. The van der Waals surface area contributed by atoms with Gasteiger partial charge in [-0.25, -0.2) is 9.78 Å². The topological polar surface area (TPSA) is 118 Å². The molecule has 0 radical (unpaired) electrons. The van der Waals surface area contributed by atoms with Crippen LogP contribution in [0.5, 0.6) is 0 Å². The van der Waals surface area contributed by atoms with E-state index in [9.17, 15) is 18.0 Å². The van der Waals surface area contributed by atoms with Crippen LogP contribution >= 0.6 is 15.9 Å². The summed E-state index contributed by atoms with van der Waals surface area (Å²) in [6.45, 7) is 4.08. The Balaban J connectivity index is 1.74. The van der Waals surface area contributed by atoms with E-state index < -0.39 is 82.3 Å². The number of pyridine rings is 1. The summed E-state index contributed by atoms with van der Waals surface area (Å²) < 4.78 is 112. The molecular formula is C29H29BrF6N4O6. The van der Waals surface area contributed by atoms with Crippen molar-refractivity contribution in [2.24, 2.45) is 0 Å². The van der Waals surface area contributed by atoms with Crippen molar-refractivity contribution in [1.82, 2.24) is 15.2 Å². The van der Waals surface area contributed by atoms with E-state index in [1.54, 1.807) is 30.3 Å². The van der Waals surface area contributed by atoms with Crippen LogP contribution in [-0.2, 0) is 37.3 Å². The first-order chi connectivity index (χ1) is 21.5. The lowest BCUT2D eigenvalue weighted by atomic mass is 9.94. The molecule has 46 heavy (non-hydrogen) atoms. The van der Waals surface area contributed by atoms with Crippen LogP contribution < -0.4 is 5.32 Å². The highest BCUT2D eigenvalue weighted by Crippen LogP contribution is 2.47.